The first-order valence-electron chi connectivity index (χ1n) is 7.01. The summed E-state index contributed by atoms with van der Waals surface area (Å²) in [6.07, 6.45) is 1.98. The van der Waals surface area contributed by atoms with Crippen LogP contribution in [-0.2, 0) is 19.1 Å². The number of carbonyl (C=O) groups excluding carboxylic acids is 2. The number of carbonyl (C=O) groups is 2. The van der Waals surface area contributed by atoms with Crippen LogP contribution < -0.4 is 0 Å². The minimum atomic E-state index is -0.800. The van der Waals surface area contributed by atoms with Gasteiger partial charge in [0.1, 0.15) is 5.57 Å². The third-order valence-electron chi connectivity index (χ3n) is 2.62. The molecule has 0 saturated heterocycles. The van der Waals surface area contributed by atoms with Crippen molar-refractivity contribution >= 4 is 18.0 Å². The van der Waals surface area contributed by atoms with Gasteiger partial charge in [0.2, 0.25) is 0 Å². The highest BCUT2D eigenvalue weighted by Crippen LogP contribution is 2.10. The van der Waals surface area contributed by atoms with E-state index in [0.717, 1.165) is 0 Å². The van der Waals surface area contributed by atoms with Gasteiger partial charge in [-0.2, -0.15) is 0 Å². The lowest BCUT2D eigenvalue weighted by atomic mass is 10.1. The predicted octanol–water partition coefficient (Wildman–Crippen LogP) is 0.921. The monoisotopic (exact) mass is 308 g/mol. The van der Waals surface area contributed by atoms with Crippen molar-refractivity contribution in [2.45, 2.75) is 12.8 Å². The van der Waals surface area contributed by atoms with E-state index in [1.807, 2.05) is 6.07 Å². The van der Waals surface area contributed by atoms with Gasteiger partial charge < -0.3 is 19.7 Å². The molecule has 1 rings (SSSR count). The van der Waals surface area contributed by atoms with Crippen molar-refractivity contribution in [3.8, 4) is 0 Å². The zero-order valence-electron chi connectivity index (χ0n) is 12.2. The van der Waals surface area contributed by atoms with E-state index in [2.05, 4.69) is 0 Å². The summed E-state index contributed by atoms with van der Waals surface area (Å²) >= 11 is 0. The van der Waals surface area contributed by atoms with Gasteiger partial charge in [-0.3, -0.25) is 0 Å². The van der Waals surface area contributed by atoms with Crippen molar-refractivity contribution in [2.75, 3.05) is 26.4 Å². The zero-order chi connectivity index (χ0) is 16.2. The third-order valence-corrected chi connectivity index (χ3v) is 2.62. The van der Waals surface area contributed by atoms with E-state index in [9.17, 15) is 9.59 Å². The summed E-state index contributed by atoms with van der Waals surface area (Å²) in [6, 6.07) is 8.84. The number of benzene rings is 1. The van der Waals surface area contributed by atoms with E-state index in [4.69, 9.17) is 19.7 Å². The summed E-state index contributed by atoms with van der Waals surface area (Å²) in [7, 11) is 0. The van der Waals surface area contributed by atoms with Crippen molar-refractivity contribution in [1.82, 2.24) is 0 Å². The topological polar surface area (TPSA) is 93.1 Å². The van der Waals surface area contributed by atoms with Gasteiger partial charge in [-0.25, -0.2) is 9.59 Å². The van der Waals surface area contributed by atoms with Crippen LogP contribution in [-0.4, -0.2) is 48.6 Å². The van der Waals surface area contributed by atoms with Crippen molar-refractivity contribution in [3.63, 3.8) is 0 Å². The Balaban J connectivity index is 2.82. The molecule has 0 aromatic heterocycles. The maximum atomic E-state index is 12.0. The molecule has 1 aromatic rings. The van der Waals surface area contributed by atoms with E-state index >= 15 is 0 Å². The first-order chi connectivity index (χ1) is 10.7. The molecule has 0 aliphatic heterocycles. The van der Waals surface area contributed by atoms with Crippen LogP contribution in [0.5, 0.6) is 0 Å². The molecule has 0 radical (unpaired) electrons. The Morgan fingerprint density at radius 1 is 0.909 bits per heavy atom. The van der Waals surface area contributed by atoms with Gasteiger partial charge in [-0.1, -0.05) is 30.3 Å². The summed E-state index contributed by atoms with van der Waals surface area (Å²) in [5.41, 5.74) is 0.442. The quantitative estimate of drug-likeness (QED) is 0.232. The molecule has 0 bridgehead atoms. The highest BCUT2D eigenvalue weighted by molar-refractivity contribution is 6.17. The molecule has 0 amide bonds. The van der Waals surface area contributed by atoms with E-state index in [1.165, 1.54) is 6.08 Å². The fraction of sp³-hybridized carbons (Fsp3) is 0.375. The van der Waals surface area contributed by atoms with Gasteiger partial charge in [0.25, 0.3) is 0 Å². The second-order valence-electron chi connectivity index (χ2n) is 4.39. The van der Waals surface area contributed by atoms with Gasteiger partial charge in [-0.05, 0) is 11.6 Å². The highest BCUT2D eigenvalue weighted by atomic mass is 16.6. The lowest BCUT2D eigenvalue weighted by Crippen LogP contribution is -2.19. The molecule has 0 spiro atoms. The summed E-state index contributed by atoms with van der Waals surface area (Å²) in [6.45, 7) is -0.172. The number of esters is 2. The summed E-state index contributed by atoms with van der Waals surface area (Å²) in [4.78, 5) is 23.9. The lowest BCUT2D eigenvalue weighted by molar-refractivity contribution is -0.147. The Labute approximate surface area is 129 Å². The van der Waals surface area contributed by atoms with Crippen LogP contribution >= 0.6 is 0 Å². The van der Waals surface area contributed by atoms with Crippen molar-refractivity contribution in [3.05, 3.63) is 41.5 Å². The van der Waals surface area contributed by atoms with E-state index in [0.29, 0.717) is 18.4 Å². The predicted molar refractivity (Wildman–Crippen MR) is 79.7 cm³/mol. The van der Waals surface area contributed by atoms with Crippen LogP contribution in [0.25, 0.3) is 6.08 Å². The zero-order valence-corrected chi connectivity index (χ0v) is 12.2. The van der Waals surface area contributed by atoms with Gasteiger partial charge in [-0.15, -0.1) is 0 Å². The van der Waals surface area contributed by atoms with Crippen molar-refractivity contribution in [2.24, 2.45) is 0 Å². The molecule has 6 heteroatoms. The van der Waals surface area contributed by atoms with Crippen LogP contribution in [0.4, 0.5) is 0 Å². The van der Waals surface area contributed by atoms with Crippen LogP contribution in [0, 0.1) is 0 Å². The van der Waals surface area contributed by atoms with Gasteiger partial charge in [0.15, 0.2) is 0 Å². The van der Waals surface area contributed by atoms with E-state index in [-0.39, 0.29) is 32.0 Å². The normalized spacial score (nSPS) is 9.91. The minimum Gasteiger partial charge on any atom is -0.462 e. The molecule has 0 heterocycles. The molecule has 0 aliphatic rings. The molecule has 22 heavy (non-hydrogen) atoms. The van der Waals surface area contributed by atoms with Crippen LogP contribution in [0.2, 0.25) is 0 Å². The number of ether oxygens (including phenoxy) is 2. The Bertz CT molecular complexity index is 471. The molecule has 2 N–H and O–H groups in total. The molecule has 0 fully saturated rings. The minimum absolute atomic E-state index is 0.0192. The maximum absolute atomic E-state index is 12.0. The summed E-state index contributed by atoms with van der Waals surface area (Å²) in [5, 5.41) is 17.4. The molecular weight excluding hydrogens is 288 g/mol. The van der Waals surface area contributed by atoms with E-state index in [1.54, 1.807) is 24.3 Å². The smallest absolute Gasteiger partial charge is 0.345 e. The molecule has 1 aromatic carbocycles. The first kappa shape index (κ1) is 17.9. The number of rotatable bonds is 9. The van der Waals surface area contributed by atoms with Crippen LogP contribution in [0.1, 0.15) is 18.4 Å². The standard InChI is InChI=1S/C16H20O6/c17-8-4-10-21-15(19)14(16(20)22-11-5-9-18)12-13-6-2-1-3-7-13/h1-3,6-7,12,17-18H,4-5,8-11H2. The lowest BCUT2D eigenvalue weighted by Gasteiger charge is -2.08. The maximum Gasteiger partial charge on any atom is 0.345 e. The number of hydrogen-bond donors (Lipinski definition) is 2. The largest absolute Gasteiger partial charge is 0.462 e. The van der Waals surface area contributed by atoms with Crippen molar-refractivity contribution in [1.29, 1.82) is 0 Å². The average molecular weight is 308 g/mol. The fourth-order valence-electron chi connectivity index (χ4n) is 1.53. The average Bonchev–Trinajstić information content (AvgIpc) is 2.54. The highest BCUT2D eigenvalue weighted by Gasteiger charge is 2.21. The third kappa shape index (κ3) is 6.51. The summed E-state index contributed by atoms with van der Waals surface area (Å²) in [5.74, 6) is -1.60. The molecule has 0 unspecified atom stereocenters. The summed E-state index contributed by atoms with van der Waals surface area (Å²) < 4.78 is 9.85. The first-order valence-corrected chi connectivity index (χ1v) is 7.01. The van der Waals surface area contributed by atoms with Gasteiger partial charge >= 0.3 is 11.9 Å². The second-order valence-corrected chi connectivity index (χ2v) is 4.39. The Morgan fingerprint density at radius 2 is 1.41 bits per heavy atom. The molecule has 0 aliphatic carbocycles. The SMILES string of the molecule is O=C(OCCCO)C(=Cc1ccccc1)C(=O)OCCCO. The number of aliphatic hydroxyl groups excluding tert-OH is 2. The Morgan fingerprint density at radius 3 is 1.86 bits per heavy atom. The molecular formula is C16H20O6. The van der Waals surface area contributed by atoms with E-state index < -0.39 is 11.9 Å². The van der Waals surface area contributed by atoms with Gasteiger partial charge in [0.05, 0.1) is 13.2 Å². The van der Waals surface area contributed by atoms with Gasteiger partial charge in [0, 0.05) is 26.1 Å². The van der Waals surface area contributed by atoms with Crippen LogP contribution in [0.3, 0.4) is 0 Å². The second kappa shape index (κ2) is 10.5. The molecule has 0 atom stereocenters. The number of hydrogen-bond acceptors (Lipinski definition) is 6. The number of aliphatic hydroxyl groups is 2. The fourth-order valence-corrected chi connectivity index (χ4v) is 1.53. The van der Waals surface area contributed by atoms with Crippen LogP contribution in [0.15, 0.2) is 35.9 Å². The molecule has 0 saturated carbocycles. The van der Waals surface area contributed by atoms with Crippen molar-refractivity contribution < 1.29 is 29.3 Å². The molecule has 120 valence electrons. The Kier molecular flexibility index (Phi) is 8.56. The molecule has 6 nitrogen and oxygen atoms in total. The Hall–Kier alpha value is -2.18.